The second kappa shape index (κ2) is 5.43. The van der Waals surface area contributed by atoms with Gasteiger partial charge in [-0.15, -0.1) is 0 Å². The topological polar surface area (TPSA) is 53.3 Å². The molecule has 90 valence electrons. The maximum absolute atomic E-state index is 9.94. The second-order valence-corrected chi connectivity index (χ2v) is 4.44. The van der Waals surface area contributed by atoms with Crippen LogP contribution in [0.1, 0.15) is 5.56 Å². The summed E-state index contributed by atoms with van der Waals surface area (Å²) in [6.07, 6.45) is 3.44. The first-order valence-electron chi connectivity index (χ1n) is 5.84. The van der Waals surface area contributed by atoms with Gasteiger partial charge in [-0.05, 0) is 12.5 Å². The quantitative estimate of drug-likeness (QED) is 0.721. The molecule has 0 spiro atoms. The van der Waals surface area contributed by atoms with E-state index in [0.717, 1.165) is 38.3 Å². The van der Waals surface area contributed by atoms with E-state index >= 15 is 0 Å². The zero-order valence-corrected chi connectivity index (χ0v) is 9.76. The lowest BCUT2D eigenvalue weighted by Gasteiger charge is -2.29. The minimum absolute atomic E-state index is 0.336. The second-order valence-electron chi connectivity index (χ2n) is 4.44. The number of nitrogens with zero attached hydrogens (tertiary/aromatic N) is 3. The number of aliphatic hydroxyl groups is 1. The van der Waals surface area contributed by atoms with Gasteiger partial charge in [0.1, 0.15) is 0 Å². The smallest absolute Gasteiger partial charge is 0.0862 e. The van der Waals surface area contributed by atoms with E-state index in [1.54, 1.807) is 0 Å². The van der Waals surface area contributed by atoms with Gasteiger partial charge >= 0.3 is 0 Å². The Morgan fingerprint density at radius 2 is 2.19 bits per heavy atom. The summed E-state index contributed by atoms with van der Waals surface area (Å²) >= 11 is 0. The van der Waals surface area contributed by atoms with Crippen molar-refractivity contribution in [2.75, 3.05) is 32.7 Å². The minimum Gasteiger partial charge on any atom is -0.390 e. The van der Waals surface area contributed by atoms with Crippen molar-refractivity contribution in [2.45, 2.75) is 19.6 Å². The van der Waals surface area contributed by atoms with Crippen LogP contribution in [0.15, 0.2) is 12.4 Å². The highest BCUT2D eigenvalue weighted by molar-refractivity contribution is 4.99. The van der Waals surface area contributed by atoms with E-state index in [9.17, 15) is 5.11 Å². The molecular formula is C11H20N4O. The number of rotatable bonds is 4. The SMILES string of the molecule is Cc1cnn(CC(O)CN2CCNCC2)c1. The average molecular weight is 224 g/mol. The Labute approximate surface area is 96.1 Å². The number of aryl methyl sites for hydroxylation is 1. The third-order valence-electron chi connectivity index (χ3n) is 2.84. The molecule has 1 aromatic rings. The van der Waals surface area contributed by atoms with Gasteiger partial charge in [-0.2, -0.15) is 5.10 Å². The van der Waals surface area contributed by atoms with Crippen molar-refractivity contribution in [3.63, 3.8) is 0 Å². The first-order chi connectivity index (χ1) is 7.74. The van der Waals surface area contributed by atoms with Crippen molar-refractivity contribution in [1.82, 2.24) is 20.0 Å². The molecule has 5 nitrogen and oxygen atoms in total. The minimum atomic E-state index is -0.336. The molecule has 1 unspecified atom stereocenters. The molecule has 0 saturated carbocycles. The van der Waals surface area contributed by atoms with Crippen LogP contribution in [0.4, 0.5) is 0 Å². The predicted molar refractivity (Wildman–Crippen MR) is 62.3 cm³/mol. The van der Waals surface area contributed by atoms with Crippen LogP contribution in [0.25, 0.3) is 0 Å². The number of β-amino-alcohol motifs (C(OH)–C–C–N with tert-alkyl or cyclic N) is 1. The Balaban J connectivity index is 1.77. The molecule has 1 saturated heterocycles. The van der Waals surface area contributed by atoms with E-state index in [1.807, 2.05) is 24.0 Å². The molecule has 0 radical (unpaired) electrons. The van der Waals surface area contributed by atoms with Crippen molar-refractivity contribution in [1.29, 1.82) is 0 Å². The largest absolute Gasteiger partial charge is 0.390 e. The molecule has 1 atom stereocenters. The van der Waals surface area contributed by atoms with Crippen molar-refractivity contribution in [3.05, 3.63) is 18.0 Å². The highest BCUT2D eigenvalue weighted by Crippen LogP contribution is 2.00. The van der Waals surface area contributed by atoms with Gasteiger partial charge in [0.2, 0.25) is 0 Å². The number of aliphatic hydroxyl groups excluding tert-OH is 1. The normalized spacial score (nSPS) is 19.9. The third-order valence-corrected chi connectivity index (χ3v) is 2.84. The summed E-state index contributed by atoms with van der Waals surface area (Å²) in [7, 11) is 0. The number of hydrogen-bond acceptors (Lipinski definition) is 4. The summed E-state index contributed by atoms with van der Waals surface area (Å²) in [6, 6.07) is 0. The molecule has 1 aliphatic heterocycles. The molecule has 2 N–H and O–H groups in total. The first kappa shape index (κ1) is 11.6. The van der Waals surface area contributed by atoms with Crippen LogP contribution in [0.2, 0.25) is 0 Å². The lowest BCUT2D eigenvalue weighted by molar-refractivity contribution is 0.0889. The molecule has 1 aliphatic rings. The van der Waals surface area contributed by atoms with Crippen LogP contribution in [-0.2, 0) is 6.54 Å². The lowest BCUT2D eigenvalue weighted by Crippen LogP contribution is -2.46. The molecule has 2 heterocycles. The summed E-state index contributed by atoms with van der Waals surface area (Å²) in [5, 5.41) is 17.4. The van der Waals surface area contributed by atoms with E-state index in [0.29, 0.717) is 6.54 Å². The molecule has 0 bridgehead atoms. The van der Waals surface area contributed by atoms with Crippen molar-refractivity contribution in [3.8, 4) is 0 Å². The fourth-order valence-corrected chi connectivity index (χ4v) is 2.03. The third kappa shape index (κ3) is 3.30. The standard InChI is InChI=1S/C11H20N4O/c1-10-6-13-15(7-10)9-11(16)8-14-4-2-12-3-5-14/h6-7,11-12,16H,2-5,8-9H2,1H3. The van der Waals surface area contributed by atoms with Crippen molar-refractivity contribution >= 4 is 0 Å². The molecule has 5 heteroatoms. The Morgan fingerprint density at radius 3 is 2.81 bits per heavy atom. The zero-order valence-electron chi connectivity index (χ0n) is 9.76. The van der Waals surface area contributed by atoms with Crippen LogP contribution in [0.5, 0.6) is 0 Å². The van der Waals surface area contributed by atoms with Gasteiger partial charge < -0.3 is 10.4 Å². The summed E-state index contributed by atoms with van der Waals surface area (Å²) in [4.78, 5) is 2.29. The van der Waals surface area contributed by atoms with E-state index in [2.05, 4.69) is 15.3 Å². The summed E-state index contributed by atoms with van der Waals surface area (Å²) in [5.41, 5.74) is 1.13. The van der Waals surface area contributed by atoms with E-state index < -0.39 is 0 Å². The molecule has 0 aromatic carbocycles. The Morgan fingerprint density at radius 1 is 1.44 bits per heavy atom. The molecule has 1 aromatic heterocycles. The number of aromatic nitrogens is 2. The summed E-state index contributed by atoms with van der Waals surface area (Å²) < 4.78 is 1.81. The van der Waals surface area contributed by atoms with E-state index in [-0.39, 0.29) is 6.10 Å². The first-order valence-corrected chi connectivity index (χ1v) is 5.84. The molecule has 2 rings (SSSR count). The van der Waals surface area contributed by atoms with Crippen molar-refractivity contribution < 1.29 is 5.11 Å². The highest BCUT2D eigenvalue weighted by atomic mass is 16.3. The van der Waals surface area contributed by atoms with Gasteiger partial charge in [0.05, 0.1) is 18.8 Å². The van der Waals surface area contributed by atoms with Gasteiger partial charge in [0, 0.05) is 38.9 Å². The van der Waals surface area contributed by atoms with Crippen LogP contribution < -0.4 is 5.32 Å². The van der Waals surface area contributed by atoms with Gasteiger partial charge in [-0.1, -0.05) is 0 Å². The number of hydrogen-bond donors (Lipinski definition) is 2. The van der Waals surface area contributed by atoms with Gasteiger partial charge in [0.15, 0.2) is 0 Å². The van der Waals surface area contributed by atoms with Crippen molar-refractivity contribution in [2.24, 2.45) is 0 Å². The molecular weight excluding hydrogens is 204 g/mol. The Hall–Kier alpha value is -0.910. The predicted octanol–water partition coefficient (Wildman–Crippen LogP) is -0.542. The molecule has 16 heavy (non-hydrogen) atoms. The van der Waals surface area contributed by atoms with Gasteiger partial charge in [-0.25, -0.2) is 0 Å². The zero-order chi connectivity index (χ0) is 11.4. The molecule has 1 fully saturated rings. The van der Waals surface area contributed by atoms with E-state index in [1.165, 1.54) is 0 Å². The van der Waals surface area contributed by atoms with Crippen LogP contribution in [0, 0.1) is 6.92 Å². The fraction of sp³-hybridized carbons (Fsp3) is 0.727. The van der Waals surface area contributed by atoms with Crippen LogP contribution in [0.3, 0.4) is 0 Å². The van der Waals surface area contributed by atoms with Gasteiger partial charge in [0.25, 0.3) is 0 Å². The fourth-order valence-electron chi connectivity index (χ4n) is 2.03. The summed E-state index contributed by atoms with van der Waals surface area (Å²) in [6.45, 7) is 7.41. The Kier molecular flexibility index (Phi) is 3.93. The Bertz CT molecular complexity index is 320. The maximum Gasteiger partial charge on any atom is 0.0862 e. The average Bonchev–Trinajstić information content (AvgIpc) is 2.65. The number of piperazine rings is 1. The van der Waals surface area contributed by atoms with Crippen LogP contribution in [-0.4, -0.2) is 58.6 Å². The van der Waals surface area contributed by atoms with Gasteiger partial charge in [-0.3, -0.25) is 9.58 Å². The molecule has 0 aliphatic carbocycles. The summed E-state index contributed by atoms with van der Waals surface area (Å²) in [5.74, 6) is 0. The highest BCUT2D eigenvalue weighted by Gasteiger charge is 2.14. The number of nitrogens with one attached hydrogen (secondary N) is 1. The van der Waals surface area contributed by atoms with Crippen LogP contribution >= 0.6 is 0 Å². The lowest BCUT2D eigenvalue weighted by atomic mass is 10.3. The molecule has 0 amide bonds. The van der Waals surface area contributed by atoms with E-state index in [4.69, 9.17) is 0 Å². The maximum atomic E-state index is 9.94. The monoisotopic (exact) mass is 224 g/mol.